The summed E-state index contributed by atoms with van der Waals surface area (Å²) < 4.78 is 1.34. The molecule has 0 radical (unpaired) electrons. The molecule has 2 rings (SSSR count). The number of halogens is 1. The molecule has 2 aromatic rings. The summed E-state index contributed by atoms with van der Waals surface area (Å²) in [6.07, 6.45) is 0. The Kier molecular flexibility index (Phi) is 2.63. The van der Waals surface area contributed by atoms with Crippen LogP contribution in [0.15, 0.2) is 23.0 Å². The zero-order valence-electron chi connectivity index (χ0n) is 9.23. The summed E-state index contributed by atoms with van der Waals surface area (Å²) in [5, 5.41) is 11.8. The van der Waals surface area contributed by atoms with E-state index in [1.54, 1.807) is 20.0 Å². The Bertz CT molecular complexity index is 691. The molecular weight excluding hydrogens is 244 g/mol. The minimum atomic E-state index is -0.472. The van der Waals surface area contributed by atoms with Gasteiger partial charge in [-0.05, 0) is 13.0 Å². The molecule has 0 unspecified atom stereocenters. The van der Waals surface area contributed by atoms with Crippen LogP contribution in [0.1, 0.15) is 5.56 Å². The van der Waals surface area contributed by atoms with Gasteiger partial charge < -0.3 is 4.57 Å². The highest BCUT2D eigenvalue weighted by Gasteiger charge is 2.15. The van der Waals surface area contributed by atoms with Crippen LogP contribution >= 0.6 is 11.6 Å². The van der Waals surface area contributed by atoms with Crippen LogP contribution in [0, 0.1) is 17.0 Å². The summed E-state index contributed by atoms with van der Waals surface area (Å²) in [6, 6.07) is 4.29. The zero-order chi connectivity index (χ0) is 12.7. The highest BCUT2D eigenvalue weighted by atomic mass is 35.5. The third-order valence-electron chi connectivity index (χ3n) is 2.71. The lowest BCUT2D eigenvalue weighted by molar-refractivity contribution is -0.385. The standard InChI is InChI=1S/C11H9ClN2O3/c1-6-3-7-8(12)4-11(15)13(2)10(7)5-9(6)14(16)17/h3-5H,1-2H3. The third-order valence-corrected chi connectivity index (χ3v) is 3.02. The maximum absolute atomic E-state index is 11.5. The topological polar surface area (TPSA) is 65.1 Å². The smallest absolute Gasteiger partial charge is 0.274 e. The van der Waals surface area contributed by atoms with Gasteiger partial charge in [0.05, 0.1) is 15.5 Å². The zero-order valence-corrected chi connectivity index (χ0v) is 9.99. The molecule has 0 spiro atoms. The molecule has 0 aliphatic rings. The van der Waals surface area contributed by atoms with Crippen LogP contribution in [0.3, 0.4) is 0 Å². The number of nitrogens with zero attached hydrogens (tertiary/aromatic N) is 2. The van der Waals surface area contributed by atoms with Crippen LogP contribution < -0.4 is 5.56 Å². The lowest BCUT2D eigenvalue weighted by atomic mass is 10.1. The van der Waals surface area contributed by atoms with Crippen LogP contribution in [0.5, 0.6) is 0 Å². The molecule has 5 nitrogen and oxygen atoms in total. The van der Waals surface area contributed by atoms with Crippen molar-refractivity contribution in [2.24, 2.45) is 7.05 Å². The summed E-state index contributed by atoms with van der Waals surface area (Å²) in [6.45, 7) is 1.64. The number of hydrogen-bond donors (Lipinski definition) is 0. The van der Waals surface area contributed by atoms with Crippen molar-refractivity contribution in [2.45, 2.75) is 6.92 Å². The monoisotopic (exact) mass is 252 g/mol. The average Bonchev–Trinajstić information content (AvgIpc) is 2.25. The van der Waals surface area contributed by atoms with Gasteiger partial charge in [-0.2, -0.15) is 0 Å². The molecule has 0 saturated heterocycles. The van der Waals surface area contributed by atoms with Crippen molar-refractivity contribution in [3.05, 3.63) is 49.3 Å². The van der Waals surface area contributed by atoms with Crippen LogP contribution in [0.4, 0.5) is 5.69 Å². The number of rotatable bonds is 1. The number of aryl methyl sites for hydroxylation is 2. The first kappa shape index (κ1) is 11.6. The lowest BCUT2D eigenvalue weighted by Gasteiger charge is -2.07. The number of fused-ring (bicyclic) bond motifs is 1. The highest BCUT2D eigenvalue weighted by Crippen LogP contribution is 2.28. The van der Waals surface area contributed by atoms with Crippen LogP contribution in [0.25, 0.3) is 10.9 Å². The fourth-order valence-corrected chi connectivity index (χ4v) is 2.00. The van der Waals surface area contributed by atoms with Crippen LogP contribution in [-0.2, 0) is 7.05 Å². The van der Waals surface area contributed by atoms with Crippen molar-refractivity contribution in [2.75, 3.05) is 0 Å². The Balaban J connectivity index is 2.98. The molecular formula is C11H9ClN2O3. The van der Waals surface area contributed by atoms with E-state index in [4.69, 9.17) is 11.6 Å². The number of nitro benzene ring substituents is 1. The summed E-state index contributed by atoms with van der Waals surface area (Å²) >= 11 is 5.95. The maximum Gasteiger partial charge on any atom is 0.274 e. The van der Waals surface area contributed by atoms with Gasteiger partial charge in [-0.15, -0.1) is 0 Å². The van der Waals surface area contributed by atoms with E-state index in [9.17, 15) is 14.9 Å². The number of benzene rings is 1. The van der Waals surface area contributed by atoms with Gasteiger partial charge in [0.15, 0.2) is 0 Å². The molecule has 0 aliphatic heterocycles. The van der Waals surface area contributed by atoms with Crippen molar-refractivity contribution >= 4 is 28.2 Å². The van der Waals surface area contributed by atoms with Gasteiger partial charge in [0, 0.05) is 30.1 Å². The van der Waals surface area contributed by atoms with E-state index >= 15 is 0 Å². The fraction of sp³-hybridized carbons (Fsp3) is 0.182. The van der Waals surface area contributed by atoms with Crippen molar-refractivity contribution < 1.29 is 4.92 Å². The second-order valence-corrected chi connectivity index (χ2v) is 4.21. The van der Waals surface area contributed by atoms with Gasteiger partial charge in [0.25, 0.3) is 11.2 Å². The first-order chi connectivity index (χ1) is 7.91. The van der Waals surface area contributed by atoms with Gasteiger partial charge >= 0.3 is 0 Å². The van der Waals surface area contributed by atoms with Crippen LogP contribution in [-0.4, -0.2) is 9.49 Å². The quantitative estimate of drug-likeness (QED) is 0.578. The Labute approximate surface area is 101 Å². The minimum absolute atomic E-state index is 0.0187. The molecule has 0 saturated carbocycles. The molecule has 17 heavy (non-hydrogen) atoms. The second-order valence-electron chi connectivity index (χ2n) is 3.80. The largest absolute Gasteiger partial charge is 0.311 e. The molecule has 0 aliphatic carbocycles. The van der Waals surface area contributed by atoms with Crippen LogP contribution in [0.2, 0.25) is 5.02 Å². The molecule has 0 amide bonds. The van der Waals surface area contributed by atoms with Crippen molar-refractivity contribution in [3.63, 3.8) is 0 Å². The van der Waals surface area contributed by atoms with E-state index in [1.807, 2.05) is 0 Å². The Morgan fingerprint density at radius 2 is 2.00 bits per heavy atom. The van der Waals surface area contributed by atoms with Gasteiger partial charge in [0.2, 0.25) is 0 Å². The highest BCUT2D eigenvalue weighted by molar-refractivity contribution is 6.35. The molecule has 0 N–H and O–H groups in total. The maximum atomic E-state index is 11.5. The second kappa shape index (κ2) is 3.85. The van der Waals surface area contributed by atoms with Gasteiger partial charge in [-0.3, -0.25) is 14.9 Å². The third kappa shape index (κ3) is 1.78. The molecule has 1 heterocycles. The van der Waals surface area contributed by atoms with Gasteiger partial charge in [0.1, 0.15) is 0 Å². The number of nitro groups is 1. The number of pyridine rings is 1. The molecule has 0 atom stereocenters. The van der Waals surface area contributed by atoms with E-state index in [0.717, 1.165) is 0 Å². The first-order valence-electron chi connectivity index (χ1n) is 4.86. The van der Waals surface area contributed by atoms with Crippen molar-refractivity contribution in [1.82, 2.24) is 4.57 Å². The van der Waals surface area contributed by atoms with Crippen molar-refractivity contribution in [3.8, 4) is 0 Å². The molecule has 6 heteroatoms. The molecule has 0 fully saturated rings. The molecule has 0 bridgehead atoms. The number of hydrogen-bond acceptors (Lipinski definition) is 3. The summed E-state index contributed by atoms with van der Waals surface area (Å²) in [4.78, 5) is 21.9. The molecule has 1 aromatic carbocycles. The average molecular weight is 253 g/mol. The summed E-state index contributed by atoms with van der Waals surface area (Å²) in [7, 11) is 1.56. The van der Waals surface area contributed by atoms with E-state index < -0.39 is 4.92 Å². The van der Waals surface area contributed by atoms with Gasteiger partial charge in [-0.25, -0.2) is 0 Å². The molecule has 88 valence electrons. The summed E-state index contributed by atoms with van der Waals surface area (Å²) in [5.74, 6) is 0. The fourth-order valence-electron chi connectivity index (χ4n) is 1.75. The van der Waals surface area contributed by atoms with E-state index in [1.165, 1.54) is 16.7 Å². The molecule has 1 aromatic heterocycles. The summed E-state index contributed by atoms with van der Waals surface area (Å²) in [5.41, 5.74) is 0.665. The van der Waals surface area contributed by atoms with Gasteiger partial charge in [-0.1, -0.05) is 11.6 Å². The lowest BCUT2D eigenvalue weighted by Crippen LogP contribution is -2.16. The predicted molar refractivity (Wildman–Crippen MR) is 65.6 cm³/mol. The predicted octanol–water partition coefficient (Wildman–Crippen LogP) is 2.41. The Morgan fingerprint density at radius 3 is 2.59 bits per heavy atom. The van der Waals surface area contributed by atoms with E-state index in [0.29, 0.717) is 21.5 Å². The minimum Gasteiger partial charge on any atom is -0.311 e. The normalized spacial score (nSPS) is 10.8. The van der Waals surface area contributed by atoms with E-state index in [-0.39, 0.29) is 11.2 Å². The SMILES string of the molecule is Cc1cc2c(Cl)cc(=O)n(C)c2cc1[N+](=O)[O-]. The van der Waals surface area contributed by atoms with Crippen molar-refractivity contribution in [1.29, 1.82) is 0 Å². The number of aromatic nitrogens is 1. The Morgan fingerprint density at radius 1 is 1.35 bits per heavy atom. The first-order valence-corrected chi connectivity index (χ1v) is 5.24. The van der Waals surface area contributed by atoms with E-state index in [2.05, 4.69) is 0 Å². The Hall–Kier alpha value is -1.88.